The Labute approximate surface area is 179 Å². The summed E-state index contributed by atoms with van der Waals surface area (Å²) in [5.74, 6) is 0.272. The van der Waals surface area contributed by atoms with Crippen LogP contribution in [0.25, 0.3) is 5.69 Å². The Morgan fingerprint density at radius 2 is 1.90 bits per heavy atom. The standard InChI is InChI=1S/C23H21N5O3/c1-24-22(29)18-7-5-17(6-8-18)15-27(16-20-4-2-13-31-20)23(30)21-14-19(9-11-25-21)28-12-3-10-26-28/h2-14H,15-16H2,1H3,(H,24,29). The number of hydrogen-bond acceptors (Lipinski definition) is 5. The largest absolute Gasteiger partial charge is 0.467 e. The van der Waals surface area contributed by atoms with Crippen LogP contribution in [0.2, 0.25) is 0 Å². The average Bonchev–Trinajstić information content (AvgIpc) is 3.53. The summed E-state index contributed by atoms with van der Waals surface area (Å²) in [5.41, 5.74) is 2.50. The van der Waals surface area contributed by atoms with Crippen LogP contribution in [0, 0.1) is 0 Å². The molecule has 3 heterocycles. The molecule has 2 amide bonds. The van der Waals surface area contributed by atoms with Crippen molar-refractivity contribution >= 4 is 11.8 Å². The number of rotatable bonds is 7. The summed E-state index contributed by atoms with van der Waals surface area (Å²) in [4.78, 5) is 31.1. The summed E-state index contributed by atoms with van der Waals surface area (Å²) in [6.07, 6.45) is 6.64. The van der Waals surface area contributed by atoms with Crippen molar-refractivity contribution in [1.29, 1.82) is 0 Å². The van der Waals surface area contributed by atoms with Gasteiger partial charge in [0.1, 0.15) is 11.5 Å². The summed E-state index contributed by atoms with van der Waals surface area (Å²) >= 11 is 0. The highest BCUT2D eigenvalue weighted by atomic mass is 16.3. The Bertz CT molecular complexity index is 1150. The molecule has 1 aromatic carbocycles. The SMILES string of the molecule is CNC(=O)c1ccc(CN(Cc2ccco2)C(=O)c2cc(-n3cccn3)ccn2)cc1. The first-order valence-corrected chi connectivity index (χ1v) is 9.73. The third-order valence-electron chi connectivity index (χ3n) is 4.76. The molecule has 0 atom stereocenters. The van der Waals surface area contributed by atoms with Gasteiger partial charge in [0.25, 0.3) is 11.8 Å². The van der Waals surface area contributed by atoms with Crippen LogP contribution < -0.4 is 5.32 Å². The summed E-state index contributed by atoms with van der Waals surface area (Å²) in [6, 6.07) is 16.1. The first-order valence-electron chi connectivity index (χ1n) is 9.73. The molecule has 0 fully saturated rings. The predicted molar refractivity (Wildman–Crippen MR) is 113 cm³/mol. The molecule has 0 unspecified atom stereocenters. The van der Waals surface area contributed by atoms with E-state index in [0.717, 1.165) is 11.3 Å². The minimum absolute atomic E-state index is 0.158. The summed E-state index contributed by atoms with van der Waals surface area (Å²) in [7, 11) is 1.59. The van der Waals surface area contributed by atoms with Gasteiger partial charge >= 0.3 is 0 Å². The molecule has 0 aliphatic heterocycles. The molecule has 1 N–H and O–H groups in total. The second-order valence-corrected chi connectivity index (χ2v) is 6.87. The molecule has 8 nitrogen and oxygen atoms in total. The minimum Gasteiger partial charge on any atom is -0.467 e. The molecular weight excluding hydrogens is 394 g/mol. The summed E-state index contributed by atoms with van der Waals surface area (Å²) in [5, 5.41) is 6.80. The smallest absolute Gasteiger partial charge is 0.273 e. The molecule has 0 saturated carbocycles. The van der Waals surface area contributed by atoms with Gasteiger partial charge in [0.15, 0.2) is 0 Å². The van der Waals surface area contributed by atoms with E-state index < -0.39 is 0 Å². The van der Waals surface area contributed by atoms with Crippen LogP contribution >= 0.6 is 0 Å². The van der Waals surface area contributed by atoms with Crippen molar-refractivity contribution in [2.75, 3.05) is 7.05 Å². The van der Waals surface area contributed by atoms with Crippen molar-refractivity contribution in [2.45, 2.75) is 13.1 Å². The number of hydrogen-bond donors (Lipinski definition) is 1. The zero-order valence-corrected chi connectivity index (χ0v) is 16.9. The lowest BCUT2D eigenvalue weighted by atomic mass is 10.1. The van der Waals surface area contributed by atoms with Gasteiger partial charge < -0.3 is 14.6 Å². The minimum atomic E-state index is -0.235. The number of furan rings is 1. The molecule has 0 bridgehead atoms. The Balaban J connectivity index is 1.59. The maximum absolute atomic E-state index is 13.3. The first-order chi connectivity index (χ1) is 15.1. The summed E-state index contributed by atoms with van der Waals surface area (Å²) < 4.78 is 7.13. The second-order valence-electron chi connectivity index (χ2n) is 6.87. The lowest BCUT2D eigenvalue weighted by Crippen LogP contribution is -2.30. The van der Waals surface area contributed by atoms with Gasteiger partial charge in [-0.05, 0) is 48.0 Å². The molecule has 0 saturated heterocycles. The Morgan fingerprint density at radius 1 is 1.06 bits per heavy atom. The number of amides is 2. The molecule has 31 heavy (non-hydrogen) atoms. The van der Waals surface area contributed by atoms with Gasteiger partial charge in [-0.15, -0.1) is 0 Å². The van der Waals surface area contributed by atoms with Crippen molar-refractivity contribution in [3.8, 4) is 5.69 Å². The molecule has 3 aromatic heterocycles. The zero-order valence-electron chi connectivity index (χ0n) is 16.9. The number of nitrogens with zero attached hydrogens (tertiary/aromatic N) is 4. The lowest BCUT2D eigenvalue weighted by Gasteiger charge is -2.22. The van der Waals surface area contributed by atoms with Crippen LogP contribution in [0.3, 0.4) is 0 Å². The molecule has 4 rings (SSSR count). The monoisotopic (exact) mass is 415 g/mol. The van der Waals surface area contributed by atoms with Gasteiger partial charge in [-0.25, -0.2) is 4.68 Å². The average molecular weight is 415 g/mol. The number of benzene rings is 1. The van der Waals surface area contributed by atoms with Crippen molar-refractivity contribution < 1.29 is 14.0 Å². The quantitative estimate of drug-likeness (QED) is 0.501. The normalized spacial score (nSPS) is 10.6. The number of carbonyl (C=O) groups is 2. The van der Waals surface area contributed by atoms with Gasteiger partial charge in [0, 0.05) is 37.7 Å². The highest BCUT2D eigenvalue weighted by molar-refractivity contribution is 5.94. The van der Waals surface area contributed by atoms with E-state index in [4.69, 9.17) is 4.42 Å². The third-order valence-corrected chi connectivity index (χ3v) is 4.76. The van der Waals surface area contributed by atoms with Crippen LogP contribution in [0.15, 0.2) is 83.9 Å². The highest BCUT2D eigenvalue weighted by Crippen LogP contribution is 2.16. The number of carbonyl (C=O) groups excluding carboxylic acids is 2. The van der Waals surface area contributed by atoms with Crippen molar-refractivity contribution in [3.63, 3.8) is 0 Å². The van der Waals surface area contributed by atoms with Crippen molar-refractivity contribution in [3.05, 3.63) is 102 Å². The highest BCUT2D eigenvalue weighted by Gasteiger charge is 2.20. The molecule has 0 aliphatic carbocycles. The fourth-order valence-corrected chi connectivity index (χ4v) is 3.18. The third kappa shape index (κ3) is 4.69. The van der Waals surface area contributed by atoms with E-state index in [2.05, 4.69) is 15.4 Å². The molecule has 0 spiro atoms. The van der Waals surface area contributed by atoms with Gasteiger partial charge in [-0.2, -0.15) is 5.10 Å². The fraction of sp³-hybridized carbons (Fsp3) is 0.130. The molecule has 0 radical (unpaired) electrons. The Kier molecular flexibility index (Phi) is 5.89. The Morgan fingerprint density at radius 3 is 2.58 bits per heavy atom. The van der Waals surface area contributed by atoms with Crippen LogP contribution in [0.4, 0.5) is 0 Å². The number of nitrogens with one attached hydrogen (secondary N) is 1. The van der Waals surface area contributed by atoms with Crippen LogP contribution in [-0.4, -0.2) is 38.5 Å². The molecular formula is C23H21N5O3. The van der Waals surface area contributed by atoms with E-state index in [1.165, 1.54) is 0 Å². The molecule has 8 heteroatoms. The lowest BCUT2D eigenvalue weighted by molar-refractivity contribution is 0.0711. The first kappa shape index (κ1) is 20.1. The van der Waals surface area contributed by atoms with E-state index in [0.29, 0.717) is 23.6 Å². The predicted octanol–water partition coefficient (Wildman–Crippen LogP) is 3.06. The summed E-state index contributed by atoms with van der Waals surface area (Å²) in [6.45, 7) is 0.623. The van der Waals surface area contributed by atoms with E-state index in [9.17, 15) is 9.59 Å². The van der Waals surface area contributed by atoms with Gasteiger partial charge in [-0.3, -0.25) is 14.6 Å². The van der Waals surface area contributed by atoms with Crippen LogP contribution in [0.1, 0.15) is 32.2 Å². The van der Waals surface area contributed by atoms with E-state index in [-0.39, 0.29) is 18.4 Å². The molecule has 0 aliphatic rings. The van der Waals surface area contributed by atoms with E-state index in [1.54, 1.807) is 71.8 Å². The van der Waals surface area contributed by atoms with Gasteiger partial charge in [-0.1, -0.05) is 12.1 Å². The van der Waals surface area contributed by atoms with Gasteiger partial charge in [0.2, 0.25) is 0 Å². The van der Waals surface area contributed by atoms with Crippen LogP contribution in [-0.2, 0) is 13.1 Å². The zero-order chi connectivity index (χ0) is 21.6. The number of pyridine rings is 1. The maximum atomic E-state index is 13.3. The van der Waals surface area contributed by atoms with Crippen molar-refractivity contribution in [2.24, 2.45) is 0 Å². The van der Waals surface area contributed by atoms with Crippen LogP contribution in [0.5, 0.6) is 0 Å². The van der Waals surface area contributed by atoms with E-state index in [1.807, 2.05) is 24.3 Å². The second kappa shape index (κ2) is 9.08. The van der Waals surface area contributed by atoms with Crippen molar-refractivity contribution in [1.82, 2.24) is 25.0 Å². The molecule has 156 valence electrons. The number of aromatic nitrogens is 3. The van der Waals surface area contributed by atoms with E-state index >= 15 is 0 Å². The Hall–Kier alpha value is -4.20. The maximum Gasteiger partial charge on any atom is 0.273 e. The molecule has 4 aromatic rings. The van der Waals surface area contributed by atoms with Gasteiger partial charge in [0.05, 0.1) is 18.5 Å². The fourth-order valence-electron chi connectivity index (χ4n) is 3.18. The topological polar surface area (TPSA) is 93.3 Å².